The lowest BCUT2D eigenvalue weighted by molar-refractivity contribution is -0.145. The molecular formula is C23H25BF3NO6. The summed E-state index contributed by atoms with van der Waals surface area (Å²) in [6, 6.07) is 10.1. The van der Waals surface area contributed by atoms with E-state index in [1.54, 1.807) is 37.4 Å². The van der Waals surface area contributed by atoms with Crippen LogP contribution < -0.4 is 14.9 Å². The highest BCUT2D eigenvalue weighted by molar-refractivity contribution is 6.64. The van der Waals surface area contributed by atoms with E-state index in [4.69, 9.17) is 18.8 Å². The summed E-state index contributed by atoms with van der Waals surface area (Å²) in [5.41, 5.74) is -0.0882. The summed E-state index contributed by atoms with van der Waals surface area (Å²) >= 11 is 0. The summed E-state index contributed by atoms with van der Waals surface area (Å²) in [4.78, 5) is 25.3. The van der Waals surface area contributed by atoms with Gasteiger partial charge in [0.15, 0.2) is 0 Å². The monoisotopic (exact) mass is 479 g/mol. The lowest BCUT2D eigenvalue weighted by Crippen LogP contribution is -2.47. The number of carbonyl (C=O) groups excluding carboxylic acids is 2. The van der Waals surface area contributed by atoms with Crippen LogP contribution in [0.25, 0.3) is 0 Å². The Morgan fingerprint density at radius 1 is 1.00 bits per heavy atom. The Morgan fingerprint density at radius 3 is 2.21 bits per heavy atom. The fourth-order valence-corrected chi connectivity index (χ4v) is 3.58. The van der Waals surface area contributed by atoms with Gasteiger partial charge in [-0.05, 0) is 25.2 Å². The molecule has 0 aromatic heterocycles. The quantitative estimate of drug-likeness (QED) is 0.626. The Morgan fingerprint density at radius 2 is 1.62 bits per heavy atom. The first-order valence-corrected chi connectivity index (χ1v) is 10.9. The van der Waals surface area contributed by atoms with E-state index in [2.05, 4.69) is 0 Å². The molecule has 0 radical (unpaired) electrons. The molecule has 1 fully saturated rings. The molecule has 0 spiro atoms. The summed E-state index contributed by atoms with van der Waals surface area (Å²) in [7, 11) is 0.414. The van der Waals surface area contributed by atoms with E-state index in [9.17, 15) is 22.8 Å². The number of hydrogen-bond acceptors (Lipinski definition) is 7. The molecule has 4 rings (SSSR count). The van der Waals surface area contributed by atoms with Gasteiger partial charge in [-0.1, -0.05) is 38.1 Å². The maximum absolute atomic E-state index is 13.3. The number of carbonyl (C=O) groups is 2. The van der Waals surface area contributed by atoms with Crippen LogP contribution in [-0.4, -0.2) is 50.7 Å². The van der Waals surface area contributed by atoms with Crippen molar-refractivity contribution >= 4 is 24.5 Å². The number of alkyl halides is 3. The zero-order valence-electron chi connectivity index (χ0n) is 19.1. The number of nitrogens with zero attached hydrogens (tertiary/aromatic N) is 1. The Labute approximate surface area is 195 Å². The third kappa shape index (κ3) is 6.02. The third-order valence-corrected chi connectivity index (χ3v) is 5.03. The summed E-state index contributed by atoms with van der Waals surface area (Å²) in [6.45, 7) is 4.00. The Bertz CT molecular complexity index is 995. The number of para-hydroxylation sites is 1. The van der Waals surface area contributed by atoms with Crippen molar-refractivity contribution in [1.29, 1.82) is 0 Å². The molecule has 34 heavy (non-hydrogen) atoms. The van der Waals surface area contributed by atoms with Crippen LogP contribution in [0.3, 0.4) is 0 Å². The average Bonchev–Trinajstić information content (AvgIpc) is 2.78. The van der Waals surface area contributed by atoms with Crippen LogP contribution in [0.4, 0.5) is 13.2 Å². The number of likely N-dealkylation sites (N-methyl/N-ethyl adjacent to an activating group) is 1. The van der Waals surface area contributed by atoms with E-state index in [1.807, 2.05) is 13.8 Å². The summed E-state index contributed by atoms with van der Waals surface area (Å²) in [5, 5.41) is 0. The maximum atomic E-state index is 13.3. The van der Waals surface area contributed by atoms with E-state index in [-0.39, 0.29) is 25.4 Å². The van der Waals surface area contributed by atoms with Crippen molar-refractivity contribution in [3.8, 4) is 11.5 Å². The van der Waals surface area contributed by atoms with Crippen molar-refractivity contribution in [3.63, 3.8) is 0 Å². The van der Waals surface area contributed by atoms with Crippen LogP contribution in [0.2, 0.25) is 0 Å². The third-order valence-electron chi connectivity index (χ3n) is 5.03. The molecule has 2 aromatic carbocycles. The lowest BCUT2D eigenvalue weighted by Gasteiger charge is -2.28. The summed E-state index contributed by atoms with van der Waals surface area (Å²) in [6.07, 6.45) is -4.78. The number of rotatable bonds is 3. The van der Waals surface area contributed by atoms with Gasteiger partial charge in [0.25, 0.3) is 0 Å². The molecule has 2 heterocycles. The number of fused-ring (bicyclic) bond motifs is 1. The lowest BCUT2D eigenvalue weighted by atomic mass is 9.78. The van der Waals surface area contributed by atoms with Crippen molar-refractivity contribution in [2.75, 3.05) is 26.7 Å². The van der Waals surface area contributed by atoms with Crippen molar-refractivity contribution in [2.45, 2.75) is 32.5 Å². The highest BCUT2D eigenvalue weighted by Crippen LogP contribution is 2.43. The van der Waals surface area contributed by atoms with Crippen LogP contribution in [0, 0.1) is 0 Å². The first-order chi connectivity index (χ1) is 16.2. The number of benzene rings is 2. The Balaban J connectivity index is 0.00000158. The molecule has 1 atom stereocenters. The molecule has 182 valence electrons. The van der Waals surface area contributed by atoms with Crippen molar-refractivity contribution in [1.82, 2.24) is 4.90 Å². The van der Waals surface area contributed by atoms with Crippen LogP contribution in [0.15, 0.2) is 42.5 Å². The standard InChI is InChI=1S/C21H19BF3NO6.C2H6/c1-26-11-18(27)31-22(32-19(28)12-26)13-5-7-14(8-6-13)30-17-9-10-29-20-15(17)3-2-4-16(20)21(23,24)25;1-2/h2-8,17H,9-12H2,1H3;1-2H3. The van der Waals surface area contributed by atoms with Gasteiger partial charge in [-0.3, -0.25) is 14.5 Å². The van der Waals surface area contributed by atoms with E-state index < -0.39 is 36.9 Å². The molecule has 0 N–H and O–H groups in total. The second-order valence-electron chi connectivity index (χ2n) is 7.52. The molecule has 2 aromatic rings. The highest BCUT2D eigenvalue weighted by atomic mass is 19.4. The molecule has 0 amide bonds. The van der Waals surface area contributed by atoms with Gasteiger partial charge in [0.1, 0.15) is 17.6 Å². The van der Waals surface area contributed by atoms with Gasteiger partial charge in [-0.2, -0.15) is 13.2 Å². The second kappa shape index (κ2) is 10.8. The minimum atomic E-state index is -4.53. The van der Waals surface area contributed by atoms with Crippen LogP contribution in [0.1, 0.15) is 37.5 Å². The largest absolute Gasteiger partial charge is 0.636 e. The number of halogens is 3. The van der Waals surface area contributed by atoms with E-state index in [0.29, 0.717) is 23.2 Å². The SMILES string of the molecule is CC.CN1CC(=O)OB(c2ccc(OC3CCOc4c3cccc4C(F)(F)F)cc2)OC(=O)C1. The fraction of sp³-hybridized carbons (Fsp3) is 0.391. The van der Waals surface area contributed by atoms with Crippen LogP contribution in [0.5, 0.6) is 11.5 Å². The average molecular weight is 479 g/mol. The molecule has 2 aliphatic heterocycles. The summed E-state index contributed by atoms with van der Waals surface area (Å²) < 4.78 is 61.5. The molecule has 1 unspecified atom stereocenters. The molecule has 0 aliphatic carbocycles. The molecular weight excluding hydrogens is 454 g/mol. The Hall–Kier alpha value is -3.21. The van der Waals surface area contributed by atoms with Gasteiger partial charge in [0, 0.05) is 17.4 Å². The first kappa shape index (κ1) is 25.4. The van der Waals surface area contributed by atoms with E-state index in [1.165, 1.54) is 11.0 Å². The number of ether oxygens (including phenoxy) is 2. The van der Waals surface area contributed by atoms with Gasteiger partial charge in [0.05, 0.1) is 25.3 Å². The van der Waals surface area contributed by atoms with E-state index in [0.717, 1.165) is 6.07 Å². The van der Waals surface area contributed by atoms with Gasteiger partial charge in [0.2, 0.25) is 0 Å². The maximum Gasteiger partial charge on any atom is 0.636 e. The zero-order chi connectivity index (χ0) is 24.9. The van der Waals surface area contributed by atoms with Crippen LogP contribution in [-0.2, 0) is 25.1 Å². The van der Waals surface area contributed by atoms with Crippen molar-refractivity contribution in [3.05, 3.63) is 53.6 Å². The zero-order valence-corrected chi connectivity index (χ0v) is 19.1. The molecule has 7 nitrogen and oxygen atoms in total. The minimum Gasteiger partial charge on any atom is -0.494 e. The van der Waals surface area contributed by atoms with Gasteiger partial charge >= 0.3 is 25.2 Å². The fourth-order valence-electron chi connectivity index (χ4n) is 3.58. The molecule has 2 aliphatic rings. The van der Waals surface area contributed by atoms with Gasteiger partial charge in [-0.25, -0.2) is 0 Å². The van der Waals surface area contributed by atoms with Crippen molar-refractivity contribution < 1.29 is 41.5 Å². The van der Waals surface area contributed by atoms with Crippen molar-refractivity contribution in [2.24, 2.45) is 0 Å². The molecule has 1 saturated heterocycles. The predicted molar refractivity (Wildman–Crippen MR) is 118 cm³/mol. The normalized spacial score (nSPS) is 18.8. The predicted octanol–water partition coefficient (Wildman–Crippen LogP) is 3.36. The smallest absolute Gasteiger partial charge is 0.494 e. The van der Waals surface area contributed by atoms with Gasteiger partial charge in [-0.15, -0.1) is 0 Å². The molecule has 11 heteroatoms. The topological polar surface area (TPSA) is 74.3 Å². The molecule has 0 bridgehead atoms. The first-order valence-electron chi connectivity index (χ1n) is 10.9. The Kier molecular flexibility index (Phi) is 8.09. The highest BCUT2D eigenvalue weighted by Gasteiger charge is 2.38. The van der Waals surface area contributed by atoms with Gasteiger partial charge < -0.3 is 18.8 Å². The van der Waals surface area contributed by atoms with Crippen LogP contribution >= 0.6 is 0 Å². The number of hydrogen-bond donors (Lipinski definition) is 0. The summed E-state index contributed by atoms with van der Waals surface area (Å²) in [5.74, 6) is -0.896. The molecule has 0 saturated carbocycles. The second-order valence-corrected chi connectivity index (χ2v) is 7.52. The minimum absolute atomic E-state index is 0.0458. The van der Waals surface area contributed by atoms with E-state index >= 15 is 0 Å².